The van der Waals surface area contributed by atoms with Crippen LogP contribution in [0.4, 0.5) is 5.69 Å². The van der Waals surface area contributed by atoms with E-state index in [4.69, 9.17) is 22.6 Å². The summed E-state index contributed by atoms with van der Waals surface area (Å²) in [6.45, 7) is 4.15. The quantitative estimate of drug-likeness (QED) is 0.622. The Balaban J connectivity index is 3.16. The highest BCUT2D eigenvalue weighted by Gasteiger charge is 2.10. The van der Waals surface area contributed by atoms with Gasteiger partial charge in [0.1, 0.15) is 6.07 Å². The van der Waals surface area contributed by atoms with Gasteiger partial charge in [0.05, 0.1) is 16.3 Å². The van der Waals surface area contributed by atoms with E-state index in [0.29, 0.717) is 21.5 Å². The van der Waals surface area contributed by atoms with Crippen LogP contribution in [0.1, 0.15) is 19.4 Å². The first-order valence-corrected chi connectivity index (χ1v) is 5.46. The van der Waals surface area contributed by atoms with Gasteiger partial charge >= 0.3 is 0 Å². The molecule has 74 valence electrons. The first-order valence-electron chi connectivity index (χ1n) is 4.21. The molecule has 0 fully saturated rings. The normalized spacial score (nSPS) is 10.2. The van der Waals surface area contributed by atoms with Crippen LogP contribution in [0, 0.1) is 11.3 Å². The summed E-state index contributed by atoms with van der Waals surface area (Å²) in [5.41, 5.74) is 6.67. The Kier molecular flexibility index (Phi) is 3.68. The fourth-order valence-electron chi connectivity index (χ4n) is 1.04. The number of thioether (sulfide) groups is 1. The summed E-state index contributed by atoms with van der Waals surface area (Å²) in [5, 5.41) is 9.68. The minimum Gasteiger partial charge on any atom is -0.397 e. The smallest absolute Gasteiger partial charge is 0.103 e. The second kappa shape index (κ2) is 4.59. The Hall–Kier alpha value is -0.850. The summed E-state index contributed by atoms with van der Waals surface area (Å²) in [6, 6.07) is 5.57. The van der Waals surface area contributed by atoms with Crippen LogP contribution in [-0.2, 0) is 0 Å². The number of halogens is 1. The highest BCUT2D eigenvalue weighted by molar-refractivity contribution is 8.00. The van der Waals surface area contributed by atoms with Crippen molar-refractivity contribution in [3.63, 3.8) is 0 Å². The molecule has 0 amide bonds. The molecule has 1 rings (SSSR count). The molecule has 0 aliphatic carbocycles. The second-order valence-corrected chi connectivity index (χ2v) is 5.14. The Morgan fingerprint density at radius 3 is 2.64 bits per heavy atom. The molecule has 0 saturated heterocycles. The van der Waals surface area contributed by atoms with Crippen LogP contribution >= 0.6 is 23.4 Å². The molecule has 2 N–H and O–H groups in total. The summed E-state index contributed by atoms with van der Waals surface area (Å²) in [6.07, 6.45) is 0. The van der Waals surface area contributed by atoms with E-state index in [0.717, 1.165) is 4.90 Å². The molecule has 1 aromatic carbocycles. The van der Waals surface area contributed by atoms with Gasteiger partial charge in [0.25, 0.3) is 0 Å². The van der Waals surface area contributed by atoms with Crippen LogP contribution in [0.2, 0.25) is 5.02 Å². The van der Waals surface area contributed by atoms with Crippen molar-refractivity contribution in [1.82, 2.24) is 0 Å². The number of anilines is 1. The Bertz CT molecular complexity index is 382. The van der Waals surface area contributed by atoms with Crippen molar-refractivity contribution in [3.8, 4) is 6.07 Å². The molecule has 1 aromatic rings. The molecule has 0 spiro atoms. The van der Waals surface area contributed by atoms with Crippen LogP contribution in [0.15, 0.2) is 17.0 Å². The van der Waals surface area contributed by atoms with Gasteiger partial charge in [0, 0.05) is 10.1 Å². The van der Waals surface area contributed by atoms with Crippen molar-refractivity contribution >= 4 is 29.1 Å². The van der Waals surface area contributed by atoms with E-state index >= 15 is 0 Å². The fourth-order valence-corrected chi connectivity index (χ4v) is 2.13. The molecular weight excluding hydrogens is 216 g/mol. The third-order valence-electron chi connectivity index (χ3n) is 1.63. The number of nitrogens with zero attached hydrogens (tertiary/aromatic N) is 1. The minimum atomic E-state index is 0.373. The van der Waals surface area contributed by atoms with E-state index in [1.54, 1.807) is 17.8 Å². The standard InChI is InChI=1S/C10H11ClN2S/c1-6(2)14-9-4-3-8(11)7(5-12)10(9)13/h3-4,6H,13H2,1-2H3. The number of nitrogens with two attached hydrogens (primary N) is 1. The van der Waals surface area contributed by atoms with Crippen LogP contribution in [0.25, 0.3) is 0 Å². The summed E-state index contributed by atoms with van der Waals surface area (Å²) in [5.74, 6) is 0. The zero-order valence-corrected chi connectivity index (χ0v) is 9.62. The van der Waals surface area contributed by atoms with E-state index < -0.39 is 0 Å². The van der Waals surface area contributed by atoms with Gasteiger partial charge in [0.2, 0.25) is 0 Å². The zero-order chi connectivity index (χ0) is 10.7. The summed E-state index contributed by atoms with van der Waals surface area (Å²) < 4.78 is 0. The molecule has 0 bridgehead atoms. The molecule has 0 saturated carbocycles. The molecule has 0 atom stereocenters. The first kappa shape index (κ1) is 11.2. The third-order valence-corrected chi connectivity index (χ3v) is 3.03. The predicted molar refractivity (Wildman–Crippen MR) is 61.6 cm³/mol. The monoisotopic (exact) mass is 226 g/mol. The van der Waals surface area contributed by atoms with Gasteiger partial charge in [-0.15, -0.1) is 11.8 Å². The summed E-state index contributed by atoms with van der Waals surface area (Å²) in [7, 11) is 0. The molecule has 2 nitrogen and oxygen atoms in total. The van der Waals surface area contributed by atoms with Crippen molar-refractivity contribution in [2.24, 2.45) is 0 Å². The molecule has 4 heteroatoms. The highest BCUT2D eigenvalue weighted by atomic mass is 35.5. The van der Waals surface area contributed by atoms with Gasteiger partial charge < -0.3 is 5.73 Å². The highest BCUT2D eigenvalue weighted by Crippen LogP contribution is 2.33. The lowest BCUT2D eigenvalue weighted by Crippen LogP contribution is -1.96. The number of benzene rings is 1. The van der Waals surface area contributed by atoms with E-state index in [9.17, 15) is 0 Å². The summed E-state index contributed by atoms with van der Waals surface area (Å²) in [4.78, 5) is 0.918. The van der Waals surface area contributed by atoms with Gasteiger partial charge in [0.15, 0.2) is 0 Å². The molecule has 0 aliphatic heterocycles. The van der Waals surface area contributed by atoms with E-state index in [1.165, 1.54) is 0 Å². The lowest BCUT2D eigenvalue weighted by Gasteiger charge is -2.09. The predicted octanol–water partition coefficient (Wildman–Crippen LogP) is 3.29. The number of hydrogen-bond acceptors (Lipinski definition) is 3. The van der Waals surface area contributed by atoms with Crippen molar-refractivity contribution in [2.45, 2.75) is 24.0 Å². The molecule has 0 aliphatic rings. The first-order chi connectivity index (χ1) is 6.56. The lowest BCUT2D eigenvalue weighted by atomic mass is 10.2. The lowest BCUT2D eigenvalue weighted by molar-refractivity contribution is 1.11. The number of rotatable bonds is 2. The maximum Gasteiger partial charge on any atom is 0.103 e. The number of hydrogen-bond donors (Lipinski definition) is 1. The second-order valence-electron chi connectivity index (χ2n) is 3.11. The van der Waals surface area contributed by atoms with Gasteiger partial charge in [-0.3, -0.25) is 0 Å². The largest absolute Gasteiger partial charge is 0.397 e. The molecule has 0 aromatic heterocycles. The maximum absolute atomic E-state index is 8.83. The molecule has 0 unspecified atom stereocenters. The van der Waals surface area contributed by atoms with Crippen LogP contribution in [0.5, 0.6) is 0 Å². The number of nitriles is 1. The van der Waals surface area contributed by atoms with E-state index in [2.05, 4.69) is 13.8 Å². The third kappa shape index (κ3) is 2.34. The van der Waals surface area contributed by atoms with Crippen LogP contribution < -0.4 is 5.73 Å². The molecule has 0 heterocycles. The summed E-state index contributed by atoms with van der Waals surface area (Å²) >= 11 is 7.45. The zero-order valence-electron chi connectivity index (χ0n) is 8.04. The van der Waals surface area contributed by atoms with Crippen molar-refractivity contribution < 1.29 is 0 Å². The van der Waals surface area contributed by atoms with Gasteiger partial charge in [-0.1, -0.05) is 25.4 Å². The van der Waals surface area contributed by atoms with Crippen LogP contribution in [0.3, 0.4) is 0 Å². The van der Waals surface area contributed by atoms with E-state index in [1.807, 2.05) is 12.1 Å². The van der Waals surface area contributed by atoms with Gasteiger partial charge in [-0.25, -0.2) is 0 Å². The van der Waals surface area contributed by atoms with Gasteiger partial charge in [-0.2, -0.15) is 5.26 Å². The minimum absolute atomic E-state index is 0.373. The topological polar surface area (TPSA) is 49.8 Å². The Morgan fingerprint density at radius 2 is 2.14 bits per heavy atom. The van der Waals surface area contributed by atoms with Crippen molar-refractivity contribution in [3.05, 3.63) is 22.7 Å². The Labute approximate surface area is 93.1 Å². The van der Waals surface area contributed by atoms with Gasteiger partial charge in [-0.05, 0) is 12.1 Å². The van der Waals surface area contributed by atoms with E-state index in [-0.39, 0.29) is 0 Å². The molecular formula is C10H11ClN2S. The Morgan fingerprint density at radius 1 is 1.50 bits per heavy atom. The average Bonchev–Trinajstić information content (AvgIpc) is 2.10. The number of nitrogen functional groups attached to an aromatic ring is 1. The fraction of sp³-hybridized carbons (Fsp3) is 0.300. The maximum atomic E-state index is 8.83. The van der Waals surface area contributed by atoms with Crippen LogP contribution in [-0.4, -0.2) is 5.25 Å². The molecule has 0 radical (unpaired) electrons. The molecule has 14 heavy (non-hydrogen) atoms. The average molecular weight is 227 g/mol. The SMILES string of the molecule is CC(C)Sc1ccc(Cl)c(C#N)c1N. The van der Waals surface area contributed by atoms with Crippen molar-refractivity contribution in [1.29, 1.82) is 5.26 Å². The van der Waals surface area contributed by atoms with Crippen molar-refractivity contribution in [2.75, 3.05) is 5.73 Å².